The summed E-state index contributed by atoms with van der Waals surface area (Å²) in [5, 5.41) is 0. The molecular formula is C15H12INS. The van der Waals surface area contributed by atoms with Crippen LogP contribution in [0.25, 0.3) is 0 Å². The van der Waals surface area contributed by atoms with E-state index in [1.54, 1.807) is 0 Å². The van der Waals surface area contributed by atoms with Gasteiger partial charge in [-0.25, -0.2) is 0 Å². The van der Waals surface area contributed by atoms with Gasteiger partial charge in [0.25, 0.3) is 0 Å². The summed E-state index contributed by atoms with van der Waals surface area (Å²) in [5.41, 5.74) is 2.58. The summed E-state index contributed by atoms with van der Waals surface area (Å²) in [5.74, 6) is 0. The summed E-state index contributed by atoms with van der Waals surface area (Å²) in [6.45, 7) is 4.72. The van der Waals surface area contributed by atoms with Gasteiger partial charge in [-0.1, -0.05) is 36.0 Å². The second kappa shape index (κ2) is 4.97. The summed E-state index contributed by atoms with van der Waals surface area (Å²) in [4.78, 5) is 4.98. The number of hydrogen-bond acceptors (Lipinski definition) is 2. The number of benzene rings is 2. The molecule has 0 fully saturated rings. The van der Waals surface area contributed by atoms with Gasteiger partial charge >= 0.3 is 0 Å². The number of para-hydroxylation sites is 2. The summed E-state index contributed by atoms with van der Waals surface area (Å²) in [6, 6.07) is 15.0. The first kappa shape index (κ1) is 12.1. The van der Waals surface area contributed by atoms with E-state index in [9.17, 15) is 0 Å². The zero-order chi connectivity index (χ0) is 12.5. The normalized spacial score (nSPS) is 12.8. The maximum atomic E-state index is 3.88. The molecule has 90 valence electrons. The quantitative estimate of drug-likeness (QED) is 0.539. The Bertz CT molecular complexity index is 609. The maximum Gasteiger partial charge on any atom is 0.0691 e. The number of fused-ring (bicyclic) bond motifs is 2. The zero-order valence-electron chi connectivity index (χ0n) is 9.77. The van der Waals surface area contributed by atoms with Crippen molar-refractivity contribution >= 4 is 45.7 Å². The number of anilines is 2. The van der Waals surface area contributed by atoms with Crippen molar-refractivity contribution in [2.24, 2.45) is 0 Å². The highest BCUT2D eigenvalue weighted by atomic mass is 127. The molecule has 0 aromatic heterocycles. The Hall–Kier alpha value is -0.940. The van der Waals surface area contributed by atoms with Crippen LogP contribution in [0.1, 0.15) is 0 Å². The third-order valence-electron chi connectivity index (χ3n) is 2.91. The molecule has 3 rings (SSSR count). The Balaban J connectivity index is 2.21. The van der Waals surface area contributed by atoms with Crippen LogP contribution < -0.4 is 4.90 Å². The largest absolute Gasteiger partial charge is 0.335 e. The Morgan fingerprint density at radius 3 is 2.72 bits per heavy atom. The number of nitrogens with zero attached hydrogens (tertiary/aromatic N) is 1. The molecule has 1 nitrogen and oxygen atoms in total. The van der Waals surface area contributed by atoms with Crippen LogP contribution in [0.15, 0.2) is 64.9 Å². The SMILES string of the molecule is C=CCN1c2ccccc2Sc2cccc(I)c21. The van der Waals surface area contributed by atoms with Crippen LogP contribution in [0.2, 0.25) is 0 Å². The van der Waals surface area contributed by atoms with Gasteiger partial charge in [0, 0.05) is 19.9 Å². The van der Waals surface area contributed by atoms with Crippen molar-refractivity contribution in [2.75, 3.05) is 11.4 Å². The van der Waals surface area contributed by atoms with Gasteiger partial charge in [-0.2, -0.15) is 0 Å². The molecular weight excluding hydrogens is 353 g/mol. The predicted octanol–water partition coefficient (Wildman–Crippen LogP) is 5.08. The molecule has 0 radical (unpaired) electrons. The van der Waals surface area contributed by atoms with Gasteiger partial charge in [0.2, 0.25) is 0 Å². The standard InChI is InChI=1S/C15H12INS/c1-2-10-17-12-7-3-4-8-13(12)18-14-9-5-6-11(16)15(14)17/h2-9H,1,10H2. The first-order chi connectivity index (χ1) is 8.81. The number of halogens is 1. The van der Waals surface area contributed by atoms with Crippen molar-refractivity contribution in [2.45, 2.75) is 9.79 Å². The lowest BCUT2D eigenvalue weighted by atomic mass is 10.2. The molecule has 1 aliphatic rings. The Morgan fingerprint density at radius 2 is 1.89 bits per heavy atom. The lowest BCUT2D eigenvalue weighted by molar-refractivity contribution is 1.03. The third-order valence-corrected chi connectivity index (χ3v) is 4.89. The molecule has 0 atom stereocenters. The molecule has 0 aliphatic carbocycles. The van der Waals surface area contributed by atoms with Crippen LogP contribution in [-0.2, 0) is 0 Å². The second-order valence-corrected chi connectivity index (χ2v) is 6.30. The van der Waals surface area contributed by atoms with Crippen molar-refractivity contribution in [1.29, 1.82) is 0 Å². The predicted molar refractivity (Wildman–Crippen MR) is 86.9 cm³/mol. The van der Waals surface area contributed by atoms with E-state index in [1.807, 2.05) is 17.8 Å². The van der Waals surface area contributed by atoms with Crippen LogP contribution in [0.4, 0.5) is 11.4 Å². The van der Waals surface area contributed by atoms with Gasteiger partial charge in [-0.15, -0.1) is 6.58 Å². The van der Waals surface area contributed by atoms with Crippen molar-refractivity contribution < 1.29 is 0 Å². The van der Waals surface area contributed by atoms with E-state index < -0.39 is 0 Å². The summed E-state index contributed by atoms with van der Waals surface area (Å²) in [6.07, 6.45) is 1.96. The molecule has 2 aromatic rings. The smallest absolute Gasteiger partial charge is 0.0691 e. The van der Waals surface area contributed by atoms with E-state index in [-0.39, 0.29) is 0 Å². The average molecular weight is 365 g/mol. The van der Waals surface area contributed by atoms with Gasteiger partial charge < -0.3 is 4.90 Å². The van der Waals surface area contributed by atoms with Crippen LogP contribution in [-0.4, -0.2) is 6.54 Å². The van der Waals surface area contributed by atoms with Gasteiger partial charge in [-0.05, 0) is 46.9 Å². The van der Waals surface area contributed by atoms with Crippen LogP contribution >= 0.6 is 34.4 Å². The Labute approximate surface area is 125 Å². The molecule has 0 amide bonds. The molecule has 18 heavy (non-hydrogen) atoms. The first-order valence-corrected chi connectivity index (χ1v) is 7.64. The molecule has 1 aliphatic heterocycles. The minimum atomic E-state index is 0.838. The van der Waals surface area contributed by atoms with Crippen molar-refractivity contribution in [3.05, 3.63) is 58.7 Å². The van der Waals surface area contributed by atoms with E-state index in [2.05, 4.69) is 76.5 Å². The van der Waals surface area contributed by atoms with Crippen molar-refractivity contribution in [3.63, 3.8) is 0 Å². The topological polar surface area (TPSA) is 3.24 Å². The fourth-order valence-corrected chi connectivity index (χ4v) is 4.27. The van der Waals surface area contributed by atoms with Gasteiger partial charge in [0.15, 0.2) is 0 Å². The molecule has 0 N–H and O–H groups in total. The summed E-state index contributed by atoms with van der Waals surface area (Å²) >= 11 is 4.25. The first-order valence-electron chi connectivity index (χ1n) is 5.75. The van der Waals surface area contributed by atoms with E-state index in [0.717, 1.165) is 6.54 Å². The third kappa shape index (κ3) is 1.95. The Morgan fingerprint density at radius 1 is 1.11 bits per heavy atom. The zero-order valence-corrected chi connectivity index (χ0v) is 12.7. The van der Waals surface area contributed by atoms with Crippen LogP contribution in [0.3, 0.4) is 0 Å². The van der Waals surface area contributed by atoms with Crippen molar-refractivity contribution in [1.82, 2.24) is 0 Å². The van der Waals surface area contributed by atoms with E-state index in [1.165, 1.54) is 24.7 Å². The van der Waals surface area contributed by atoms with E-state index >= 15 is 0 Å². The Kier molecular flexibility index (Phi) is 3.35. The van der Waals surface area contributed by atoms with E-state index in [0.29, 0.717) is 0 Å². The number of hydrogen-bond donors (Lipinski definition) is 0. The molecule has 0 spiro atoms. The monoisotopic (exact) mass is 365 g/mol. The molecule has 3 heteroatoms. The fraction of sp³-hybridized carbons (Fsp3) is 0.0667. The highest BCUT2D eigenvalue weighted by Crippen LogP contribution is 2.49. The summed E-state index contributed by atoms with van der Waals surface area (Å²) < 4.78 is 1.29. The lowest BCUT2D eigenvalue weighted by Gasteiger charge is -2.32. The highest BCUT2D eigenvalue weighted by Gasteiger charge is 2.23. The molecule has 0 saturated carbocycles. The average Bonchev–Trinajstić information content (AvgIpc) is 2.39. The van der Waals surface area contributed by atoms with Crippen LogP contribution in [0, 0.1) is 3.57 Å². The van der Waals surface area contributed by atoms with E-state index in [4.69, 9.17) is 0 Å². The van der Waals surface area contributed by atoms with Crippen LogP contribution in [0.5, 0.6) is 0 Å². The fourth-order valence-electron chi connectivity index (χ4n) is 2.16. The van der Waals surface area contributed by atoms with Gasteiger partial charge in [-0.3, -0.25) is 0 Å². The molecule has 1 heterocycles. The highest BCUT2D eigenvalue weighted by molar-refractivity contribution is 14.1. The minimum absolute atomic E-state index is 0.838. The number of rotatable bonds is 2. The van der Waals surface area contributed by atoms with Gasteiger partial charge in [0.05, 0.1) is 11.4 Å². The maximum absolute atomic E-state index is 3.88. The molecule has 0 bridgehead atoms. The van der Waals surface area contributed by atoms with Gasteiger partial charge in [0.1, 0.15) is 0 Å². The second-order valence-electron chi connectivity index (χ2n) is 4.06. The molecule has 0 saturated heterocycles. The summed E-state index contributed by atoms with van der Waals surface area (Å²) in [7, 11) is 0. The molecule has 2 aromatic carbocycles. The minimum Gasteiger partial charge on any atom is -0.335 e. The van der Waals surface area contributed by atoms with Crippen molar-refractivity contribution in [3.8, 4) is 0 Å². The molecule has 0 unspecified atom stereocenters. The lowest BCUT2D eigenvalue weighted by Crippen LogP contribution is -2.21.